The van der Waals surface area contributed by atoms with E-state index in [0.29, 0.717) is 17.7 Å². The second-order valence-electron chi connectivity index (χ2n) is 8.85. The number of nitrogens with zero attached hydrogens (tertiary/aromatic N) is 3. The van der Waals surface area contributed by atoms with E-state index in [1.165, 1.54) is 18.2 Å². The first-order valence-corrected chi connectivity index (χ1v) is 10.8. The molecule has 1 amide bonds. The van der Waals surface area contributed by atoms with Crippen LogP contribution in [0.25, 0.3) is 11.0 Å². The molecule has 0 spiro atoms. The monoisotopic (exact) mass is 456 g/mol. The van der Waals surface area contributed by atoms with Crippen LogP contribution in [-0.2, 0) is 16.0 Å². The molecule has 1 aliphatic carbocycles. The number of aromatic nitrogens is 3. The number of rotatable bonds is 5. The fourth-order valence-corrected chi connectivity index (χ4v) is 4.80. The van der Waals surface area contributed by atoms with Gasteiger partial charge in [0, 0.05) is 30.1 Å². The number of amides is 1. The second-order valence-corrected chi connectivity index (χ2v) is 8.85. The molecule has 1 aromatic carbocycles. The van der Waals surface area contributed by atoms with Crippen LogP contribution in [0.2, 0.25) is 0 Å². The summed E-state index contributed by atoms with van der Waals surface area (Å²) in [6.07, 6.45) is 1.86. The van der Waals surface area contributed by atoms with E-state index in [1.807, 2.05) is 33.0 Å². The highest BCUT2D eigenvalue weighted by Gasteiger charge is 2.56. The van der Waals surface area contributed by atoms with Gasteiger partial charge in [0.25, 0.3) is 0 Å². The lowest BCUT2D eigenvalue weighted by Gasteiger charge is -2.25. The van der Waals surface area contributed by atoms with E-state index in [1.54, 1.807) is 6.33 Å². The maximum Gasteiger partial charge on any atom is 0.404 e. The van der Waals surface area contributed by atoms with E-state index >= 15 is 0 Å². The summed E-state index contributed by atoms with van der Waals surface area (Å²) in [5.74, 6) is -0.861. The standard InChI is InChI=1S/C23H25FN4O5/c1-12-15-6-7-28(21(15)27-11-26-12)16-9-18(20-19(16)32-23(2,3)33-20)31-17-5-4-14(24)8-13(17)10-25-22(29)30/h4-8,11,16,18-20,25H,9-10H2,1-3H3,(H,29,30)/t16-,18+,19+,20-/m1/s1. The van der Waals surface area contributed by atoms with Crippen molar-refractivity contribution in [2.24, 2.45) is 0 Å². The van der Waals surface area contributed by atoms with Crippen LogP contribution in [0.4, 0.5) is 9.18 Å². The van der Waals surface area contributed by atoms with Crippen molar-refractivity contribution in [2.45, 2.75) is 63.9 Å². The normalized spacial score (nSPS) is 25.8. The molecule has 1 aliphatic heterocycles. The summed E-state index contributed by atoms with van der Waals surface area (Å²) in [5.41, 5.74) is 2.12. The average Bonchev–Trinajstić information content (AvgIpc) is 3.40. The molecule has 5 rings (SSSR count). The van der Waals surface area contributed by atoms with Crippen LogP contribution in [0, 0.1) is 12.7 Å². The predicted molar refractivity (Wildman–Crippen MR) is 115 cm³/mol. The summed E-state index contributed by atoms with van der Waals surface area (Å²) in [4.78, 5) is 19.7. The Morgan fingerprint density at radius 1 is 1.30 bits per heavy atom. The molecule has 9 nitrogen and oxygen atoms in total. The van der Waals surface area contributed by atoms with Crippen LogP contribution in [0.15, 0.2) is 36.8 Å². The third-order valence-corrected chi connectivity index (χ3v) is 6.18. The Hall–Kier alpha value is -3.24. The average molecular weight is 456 g/mol. The SMILES string of the molecule is Cc1ncnc2c1ccn2[C@@H]1C[C@H](Oc2ccc(F)cc2CNC(=O)O)[C@H]2OC(C)(C)O[C@H]21. The largest absolute Gasteiger partial charge is 0.487 e. The van der Waals surface area contributed by atoms with Gasteiger partial charge >= 0.3 is 6.09 Å². The molecule has 0 radical (unpaired) electrons. The number of carboxylic acid groups (broad SMARTS) is 1. The summed E-state index contributed by atoms with van der Waals surface area (Å²) < 4.78 is 34.7. The number of hydrogen-bond donors (Lipinski definition) is 2. The Bertz CT molecular complexity index is 1210. The fraction of sp³-hybridized carbons (Fsp3) is 0.435. The van der Waals surface area contributed by atoms with Crippen molar-refractivity contribution in [1.29, 1.82) is 0 Å². The first-order valence-electron chi connectivity index (χ1n) is 10.8. The van der Waals surface area contributed by atoms with Crippen LogP contribution in [0.5, 0.6) is 5.75 Å². The topological polar surface area (TPSA) is 108 Å². The van der Waals surface area contributed by atoms with Crippen LogP contribution in [0.3, 0.4) is 0 Å². The molecule has 0 unspecified atom stereocenters. The third-order valence-electron chi connectivity index (χ3n) is 6.18. The first-order chi connectivity index (χ1) is 15.7. The van der Waals surface area contributed by atoms with Gasteiger partial charge in [-0.3, -0.25) is 0 Å². The summed E-state index contributed by atoms with van der Waals surface area (Å²) in [5, 5.41) is 12.2. The number of aryl methyl sites for hydroxylation is 1. The number of fused-ring (bicyclic) bond motifs is 2. The second kappa shape index (κ2) is 7.96. The zero-order valence-electron chi connectivity index (χ0n) is 18.5. The van der Waals surface area contributed by atoms with Crippen molar-refractivity contribution in [1.82, 2.24) is 19.9 Å². The molecule has 3 aromatic rings. The molecule has 2 N–H and O–H groups in total. The highest BCUT2D eigenvalue weighted by atomic mass is 19.1. The lowest BCUT2D eigenvalue weighted by atomic mass is 10.1. The molecule has 1 saturated heterocycles. The minimum atomic E-state index is -1.20. The molecule has 0 bridgehead atoms. The van der Waals surface area contributed by atoms with Crippen molar-refractivity contribution in [2.75, 3.05) is 0 Å². The minimum Gasteiger partial charge on any atom is -0.487 e. The highest BCUT2D eigenvalue weighted by Crippen LogP contribution is 2.46. The Labute approximate surface area is 189 Å². The quantitative estimate of drug-likeness (QED) is 0.604. The smallest absolute Gasteiger partial charge is 0.404 e. The molecular formula is C23H25FN4O5. The summed E-state index contributed by atoms with van der Waals surface area (Å²) in [6.45, 7) is 5.59. The Morgan fingerprint density at radius 2 is 2.09 bits per heavy atom. The molecule has 33 heavy (non-hydrogen) atoms. The van der Waals surface area contributed by atoms with Gasteiger partial charge < -0.3 is 29.2 Å². The van der Waals surface area contributed by atoms with E-state index < -0.39 is 23.8 Å². The maximum atomic E-state index is 13.8. The van der Waals surface area contributed by atoms with E-state index in [2.05, 4.69) is 19.9 Å². The number of hydrogen-bond acceptors (Lipinski definition) is 6. The molecule has 1 saturated carbocycles. The lowest BCUT2D eigenvalue weighted by Crippen LogP contribution is -2.33. The number of nitrogens with one attached hydrogen (secondary N) is 1. The number of benzene rings is 1. The Kier molecular flexibility index (Phi) is 5.21. The van der Waals surface area contributed by atoms with Gasteiger partial charge in [0.2, 0.25) is 0 Å². The molecule has 2 aromatic heterocycles. The van der Waals surface area contributed by atoms with Gasteiger partial charge in [0.05, 0.1) is 11.7 Å². The third kappa shape index (κ3) is 4.00. The molecule has 2 fully saturated rings. The van der Waals surface area contributed by atoms with E-state index in [-0.39, 0.29) is 24.8 Å². The van der Waals surface area contributed by atoms with Crippen LogP contribution in [-0.4, -0.2) is 49.8 Å². The number of halogens is 1. The van der Waals surface area contributed by atoms with Gasteiger partial charge in [-0.1, -0.05) is 0 Å². The minimum absolute atomic E-state index is 0.0754. The van der Waals surface area contributed by atoms with Gasteiger partial charge in [-0.2, -0.15) is 0 Å². The molecule has 4 atom stereocenters. The summed E-state index contributed by atoms with van der Waals surface area (Å²) >= 11 is 0. The van der Waals surface area contributed by atoms with Crippen molar-refractivity contribution in [3.8, 4) is 5.75 Å². The predicted octanol–water partition coefficient (Wildman–Crippen LogP) is 3.56. The highest BCUT2D eigenvalue weighted by molar-refractivity contribution is 5.78. The number of ether oxygens (including phenoxy) is 3. The number of carbonyl (C=O) groups is 1. The van der Waals surface area contributed by atoms with Gasteiger partial charge in [0.1, 0.15) is 41.9 Å². The van der Waals surface area contributed by atoms with Gasteiger partial charge in [0.15, 0.2) is 5.79 Å². The zero-order valence-corrected chi connectivity index (χ0v) is 18.5. The fourth-order valence-electron chi connectivity index (χ4n) is 4.80. The lowest BCUT2D eigenvalue weighted by molar-refractivity contribution is -0.163. The zero-order chi connectivity index (χ0) is 23.3. The molecule has 174 valence electrons. The van der Waals surface area contributed by atoms with E-state index in [9.17, 15) is 9.18 Å². The van der Waals surface area contributed by atoms with Crippen molar-refractivity contribution in [3.05, 3.63) is 53.9 Å². The maximum absolute atomic E-state index is 13.8. The first kappa shape index (κ1) is 21.6. The summed E-state index contributed by atoms with van der Waals surface area (Å²) in [6, 6.07) is 5.96. The van der Waals surface area contributed by atoms with Crippen molar-refractivity contribution in [3.63, 3.8) is 0 Å². The molecular weight excluding hydrogens is 431 g/mol. The Morgan fingerprint density at radius 3 is 2.88 bits per heavy atom. The van der Waals surface area contributed by atoms with Crippen LogP contribution in [0.1, 0.15) is 37.6 Å². The van der Waals surface area contributed by atoms with Crippen molar-refractivity contribution >= 4 is 17.1 Å². The summed E-state index contributed by atoms with van der Waals surface area (Å²) in [7, 11) is 0. The molecule has 10 heteroatoms. The van der Waals surface area contributed by atoms with Crippen molar-refractivity contribution < 1.29 is 28.5 Å². The Balaban J connectivity index is 1.47. The van der Waals surface area contributed by atoms with Gasteiger partial charge in [-0.05, 0) is 45.0 Å². The van der Waals surface area contributed by atoms with Gasteiger partial charge in [-0.25, -0.2) is 19.2 Å². The van der Waals surface area contributed by atoms with Crippen LogP contribution >= 0.6 is 0 Å². The van der Waals surface area contributed by atoms with E-state index in [0.717, 1.165) is 16.7 Å². The van der Waals surface area contributed by atoms with Crippen LogP contribution < -0.4 is 10.1 Å². The van der Waals surface area contributed by atoms with E-state index in [4.69, 9.17) is 19.3 Å². The van der Waals surface area contributed by atoms with Gasteiger partial charge in [-0.15, -0.1) is 0 Å². The molecule has 2 aliphatic rings. The molecule has 3 heterocycles.